The number of nitrogens with zero attached hydrogens (tertiary/aromatic N) is 2. The fourth-order valence-corrected chi connectivity index (χ4v) is 3.99. The molecule has 0 amide bonds. The van der Waals surface area contributed by atoms with E-state index in [2.05, 4.69) is 53.2 Å². The first-order valence-electron chi connectivity index (χ1n) is 9.24. The van der Waals surface area contributed by atoms with E-state index in [9.17, 15) is 4.39 Å². The quantitative estimate of drug-likeness (QED) is 0.504. The Morgan fingerprint density at radius 1 is 0.926 bits per heavy atom. The summed E-state index contributed by atoms with van der Waals surface area (Å²) < 4.78 is 15.7. The van der Waals surface area contributed by atoms with Crippen LogP contribution in [0.2, 0.25) is 0 Å². The lowest BCUT2D eigenvalue weighted by atomic mass is 9.92. The van der Waals surface area contributed by atoms with Gasteiger partial charge in [-0.15, -0.1) is 0 Å². The highest BCUT2D eigenvalue weighted by molar-refractivity contribution is 5.79. The lowest BCUT2D eigenvalue weighted by molar-refractivity contribution is 0.477. The van der Waals surface area contributed by atoms with Gasteiger partial charge in [0, 0.05) is 0 Å². The highest BCUT2D eigenvalue weighted by Gasteiger charge is 2.30. The predicted octanol–water partition coefficient (Wildman–Crippen LogP) is 5.63. The standard InChI is InChI=1S/C23H20FN3/c1-15-6-8-17(9-7-15)22-14-20(16-10-12-18(24)13-11-16)26-23-25-19-4-2-3-5-21(19)27(22)23/h2-13,20,22H,14H2,1H3,(H,25,26)/t20-,22-/m0/s1. The van der Waals surface area contributed by atoms with Crippen LogP contribution in [0.25, 0.3) is 11.0 Å². The molecule has 0 spiro atoms. The number of aryl methyl sites for hydroxylation is 1. The van der Waals surface area contributed by atoms with Crippen LogP contribution in [-0.4, -0.2) is 9.55 Å². The summed E-state index contributed by atoms with van der Waals surface area (Å²) in [7, 11) is 0. The molecule has 4 aromatic rings. The molecule has 27 heavy (non-hydrogen) atoms. The van der Waals surface area contributed by atoms with E-state index in [1.54, 1.807) is 0 Å². The first kappa shape index (κ1) is 16.1. The van der Waals surface area contributed by atoms with E-state index in [-0.39, 0.29) is 17.9 Å². The molecule has 0 aliphatic carbocycles. The average molecular weight is 357 g/mol. The van der Waals surface area contributed by atoms with Gasteiger partial charge in [0.25, 0.3) is 0 Å². The van der Waals surface area contributed by atoms with Crippen LogP contribution in [0, 0.1) is 12.7 Å². The van der Waals surface area contributed by atoms with Crippen molar-refractivity contribution in [2.75, 3.05) is 5.32 Å². The lowest BCUT2D eigenvalue weighted by Crippen LogP contribution is -2.27. The van der Waals surface area contributed by atoms with Gasteiger partial charge < -0.3 is 9.88 Å². The second-order valence-corrected chi connectivity index (χ2v) is 7.20. The Morgan fingerprint density at radius 2 is 1.63 bits per heavy atom. The monoisotopic (exact) mass is 357 g/mol. The van der Waals surface area contributed by atoms with Crippen molar-refractivity contribution in [3.63, 3.8) is 0 Å². The van der Waals surface area contributed by atoms with Crippen molar-refractivity contribution in [1.29, 1.82) is 0 Å². The van der Waals surface area contributed by atoms with Gasteiger partial charge in [0.1, 0.15) is 5.82 Å². The van der Waals surface area contributed by atoms with Gasteiger partial charge in [-0.3, -0.25) is 0 Å². The number of nitrogens with one attached hydrogen (secondary N) is 1. The van der Waals surface area contributed by atoms with E-state index in [1.807, 2.05) is 24.3 Å². The van der Waals surface area contributed by atoms with Gasteiger partial charge in [0.2, 0.25) is 5.95 Å². The second kappa shape index (κ2) is 6.23. The van der Waals surface area contributed by atoms with E-state index in [4.69, 9.17) is 4.98 Å². The van der Waals surface area contributed by atoms with Crippen LogP contribution in [0.3, 0.4) is 0 Å². The normalized spacial score (nSPS) is 18.9. The summed E-state index contributed by atoms with van der Waals surface area (Å²) >= 11 is 0. The van der Waals surface area contributed by atoms with Gasteiger partial charge in [-0.2, -0.15) is 0 Å². The molecule has 0 unspecified atom stereocenters. The summed E-state index contributed by atoms with van der Waals surface area (Å²) in [5.41, 5.74) is 5.70. The molecule has 0 radical (unpaired) electrons. The van der Waals surface area contributed by atoms with Crippen molar-refractivity contribution in [1.82, 2.24) is 9.55 Å². The molecular formula is C23H20FN3. The minimum absolute atomic E-state index is 0.0845. The van der Waals surface area contributed by atoms with Crippen molar-refractivity contribution in [2.45, 2.75) is 25.4 Å². The summed E-state index contributed by atoms with van der Waals surface area (Å²) in [4.78, 5) is 4.82. The largest absolute Gasteiger partial charge is 0.349 e. The number of anilines is 1. The molecule has 134 valence electrons. The first-order valence-corrected chi connectivity index (χ1v) is 9.24. The minimum Gasteiger partial charge on any atom is -0.349 e. The van der Waals surface area contributed by atoms with Crippen LogP contribution in [0.5, 0.6) is 0 Å². The predicted molar refractivity (Wildman–Crippen MR) is 106 cm³/mol. The second-order valence-electron chi connectivity index (χ2n) is 7.20. The molecule has 2 atom stereocenters. The molecule has 0 saturated carbocycles. The van der Waals surface area contributed by atoms with Gasteiger partial charge in [0.05, 0.1) is 23.1 Å². The number of hydrogen-bond acceptors (Lipinski definition) is 2. The van der Waals surface area contributed by atoms with Crippen molar-refractivity contribution < 1.29 is 4.39 Å². The summed E-state index contributed by atoms with van der Waals surface area (Å²) in [6.45, 7) is 2.10. The van der Waals surface area contributed by atoms with E-state index in [0.29, 0.717) is 0 Å². The zero-order valence-electron chi connectivity index (χ0n) is 15.1. The van der Waals surface area contributed by atoms with Crippen molar-refractivity contribution in [3.05, 3.63) is 95.3 Å². The van der Waals surface area contributed by atoms with Crippen LogP contribution in [0.4, 0.5) is 10.3 Å². The number of imidazole rings is 1. The van der Waals surface area contributed by atoms with Crippen LogP contribution >= 0.6 is 0 Å². The summed E-state index contributed by atoms with van der Waals surface area (Å²) in [5, 5.41) is 3.56. The van der Waals surface area contributed by atoms with E-state index < -0.39 is 0 Å². The first-order chi connectivity index (χ1) is 13.2. The van der Waals surface area contributed by atoms with Crippen molar-refractivity contribution in [3.8, 4) is 0 Å². The highest BCUT2D eigenvalue weighted by Crippen LogP contribution is 2.41. The number of hydrogen-bond donors (Lipinski definition) is 1. The minimum atomic E-state index is -0.211. The fraction of sp³-hybridized carbons (Fsp3) is 0.174. The molecule has 1 aliphatic heterocycles. The molecule has 1 aliphatic rings. The van der Waals surface area contributed by atoms with Crippen molar-refractivity contribution >= 4 is 17.0 Å². The lowest BCUT2D eigenvalue weighted by Gasteiger charge is -2.33. The molecule has 3 nitrogen and oxygen atoms in total. The molecule has 2 heterocycles. The maximum Gasteiger partial charge on any atom is 0.204 e. The Labute approximate surface area is 157 Å². The third kappa shape index (κ3) is 2.78. The number of para-hydroxylation sites is 2. The average Bonchev–Trinajstić information content (AvgIpc) is 3.07. The number of halogens is 1. The molecule has 1 aromatic heterocycles. The van der Waals surface area contributed by atoms with E-state index >= 15 is 0 Å². The Morgan fingerprint density at radius 3 is 2.41 bits per heavy atom. The number of rotatable bonds is 2. The van der Waals surface area contributed by atoms with E-state index in [1.165, 1.54) is 23.3 Å². The molecular weight excluding hydrogens is 337 g/mol. The molecule has 5 rings (SSSR count). The zero-order valence-corrected chi connectivity index (χ0v) is 15.1. The highest BCUT2D eigenvalue weighted by atomic mass is 19.1. The fourth-order valence-electron chi connectivity index (χ4n) is 3.99. The van der Waals surface area contributed by atoms with E-state index in [0.717, 1.165) is 29.0 Å². The van der Waals surface area contributed by atoms with Gasteiger partial charge in [-0.1, -0.05) is 54.1 Å². The maximum atomic E-state index is 13.4. The Bertz CT molecular complexity index is 1100. The van der Waals surface area contributed by atoms with Gasteiger partial charge in [0.15, 0.2) is 0 Å². The number of aromatic nitrogens is 2. The number of benzene rings is 3. The smallest absolute Gasteiger partial charge is 0.204 e. The third-order valence-electron chi connectivity index (χ3n) is 5.40. The molecule has 0 saturated heterocycles. The summed E-state index contributed by atoms with van der Waals surface area (Å²) in [6.07, 6.45) is 0.877. The van der Waals surface area contributed by atoms with Crippen LogP contribution in [0.15, 0.2) is 72.8 Å². The molecule has 4 heteroatoms. The summed E-state index contributed by atoms with van der Waals surface area (Å²) in [6, 6.07) is 24.0. The van der Waals surface area contributed by atoms with Gasteiger partial charge >= 0.3 is 0 Å². The number of fused-ring (bicyclic) bond motifs is 3. The topological polar surface area (TPSA) is 29.9 Å². The zero-order chi connectivity index (χ0) is 18.4. The van der Waals surface area contributed by atoms with Gasteiger partial charge in [-0.05, 0) is 48.7 Å². The van der Waals surface area contributed by atoms with Crippen LogP contribution in [-0.2, 0) is 0 Å². The van der Waals surface area contributed by atoms with Gasteiger partial charge in [-0.25, -0.2) is 9.37 Å². The molecule has 0 bridgehead atoms. The SMILES string of the molecule is Cc1ccc([C@@H]2C[C@@H](c3ccc(F)cc3)Nc3nc4ccccc4n32)cc1. The Balaban J connectivity index is 1.65. The molecule has 1 N–H and O–H groups in total. The Hall–Kier alpha value is -3.14. The third-order valence-corrected chi connectivity index (χ3v) is 5.40. The summed E-state index contributed by atoms with van der Waals surface area (Å²) in [5.74, 6) is 0.652. The van der Waals surface area contributed by atoms with Crippen molar-refractivity contribution in [2.24, 2.45) is 0 Å². The Kier molecular flexibility index (Phi) is 3.71. The molecule has 0 fully saturated rings. The molecule has 3 aromatic carbocycles. The van der Waals surface area contributed by atoms with Crippen LogP contribution < -0.4 is 5.32 Å². The maximum absolute atomic E-state index is 13.4. The van der Waals surface area contributed by atoms with Crippen LogP contribution in [0.1, 0.15) is 35.2 Å².